The first-order valence-corrected chi connectivity index (χ1v) is 8.14. The zero-order chi connectivity index (χ0) is 13.7. The van der Waals surface area contributed by atoms with E-state index in [0.29, 0.717) is 11.8 Å². The first kappa shape index (κ1) is 15.3. The summed E-state index contributed by atoms with van der Waals surface area (Å²) in [5.74, 6) is 1.07. The van der Waals surface area contributed by atoms with Crippen LogP contribution in [0, 0.1) is 11.8 Å². The highest BCUT2D eigenvalue weighted by Crippen LogP contribution is 2.41. The van der Waals surface area contributed by atoms with Crippen LogP contribution >= 0.6 is 0 Å². The van der Waals surface area contributed by atoms with E-state index in [9.17, 15) is 5.11 Å². The van der Waals surface area contributed by atoms with Gasteiger partial charge in [0.05, 0.1) is 11.7 Å². The van der Waals surface area contributed by atoms with Gasteiger partial charge in [-0.2, -0.15) is 0 Å². The number of ether oxygens (including phenoxy) is 1. The molecule has 2 N–H and O–H groups in total. The normalized spacial score (nSPS) is 28.7. The van der Waals surface area contributed by atoms with Crippen LogP contribution in [0.1, 0.15) is 58.8 Å². The maximum Gasteiger partial charge on any atom is 0.0694 e. The van der Waals surface area contributed by atoms with Crippen LogP contribution in [0.15, 0.2) is 0 Å². The van der Waals surface area contributed by atoms with E-state index in [4.69, 9.17) is 4.74 Å². The lowest BCUT2D eigenvalue weighted by atomic mass is 9.74. The van der Waals surface area contributed by atoms with Gasteiger partial charge >= 0.3 is 0 Å². The molecule has 1 saturated heterocycles. The lowest BCUT2D eigenvalue weighted by Gasteiger charge is -2.44. The molecule has 1 heterocycles. The quantitative estimate of drug-likeness (QED) is 0.806. The molecule has 1 saturated carbocycles. The van der Waals surface area contributed by atoms with E-state index in [0.717, 1.165) is 32.5 Å². The fourth-order valence-corrected chi connectivity index (χ4v) is 3.63. The zero-order valence-corrected chi connectivity index (χ0v) is 12.7. The third kappa shape index (κ3) is 4.44. The third-order valence-corrected chi connectivity index (χ3v) is 4.75. The first-order chi connectivity index (χ1) is 9.11. The van der Waals surface area contributed by atoms with Gasteiger partial charge in [-0.1, -0.05) is 33.1 Å². The molecule has 2 fully saturated rings. The van der Waals surface area contributed by atoms with Crippen molar-refractivity contribution in [3.8, 4) is 0 Å². The average molecular weight is 269 g/mol. The molecular weight excluding hydrogens is 238 g/mol. The maximum absolute atomic E-state index is 10.4. The minimum absolute atomic E-state index is 0.111. The Bertz CT molecular complexity index is 256. The van der Waals surface area contributed by atoms with Crippen molar-refractivity contribution in [1.29, 1.82) is 0 Å². The van der Waals surface area contributed by atoms with E-state index < -0.39 is 0 Å². The molecule has 1 aliphatic heterocycles. The van der Waals surface area contributed by atoms with Crippen LogP contribution in [0.25, 0.3) is 0 Å². The van der Waals surface area contributed by atoms with Crippen molar-refractivity contribution < 1.29 is 9.84 Å². The minimum Gasteiger partial charge on any atom is -0.392 e. The molecule has 2 rings (SSSR count). The van der Waals surface area contributed by atoms with E-state index in [1.54, 1.807) is 0 Å². The molecule has 19 heavy (non-hydrogen) atoms. The summed E-state index contributed by atoms with van der Waals surface area (Å²) in [5.41, 5.74) is 0.111. The number of hydrogen-bond donors (Lipinski definition) is 2. The summed E-state index contributed by atoms with van der Waals surface area (Å²) >= 11 is 0. The molecular formula is C16H31NO2. The monoisotopic (exact) mass is 269 g/mol. The topological polar surface area (TPSA) is 41.5 Å². The minimum atomic E-state index is -0.207. The van der Waals surface area contributed by atoms with Crippen molar-refractivity contribution in [3.63, 3.8) is 0 Å². The Morgan fingerprint density at radius 2 is 1.95 bits per heavy atom. The Balaban J connectivity index is 1.79. The predicted molar refractivity (Wildman–Crippen MR) is 78.2 cm³/mol. The Morgan fingerprint density at radius 1 is 1.21 bits per heavy atom. The van der Waals surface area contributed by atoms with Gasteiger partial charge in [-0.15, -0.1) is 0 Å². The van der Waals surface area contributed by atoms with Gasteiger partial charge in [0.1, 0.15) is 0 Å². The fourth-order valence-electron chi connectivity index (χ4n) is 3.63. The summed E-state index contributed by atoms with van der Waals surface area (Å²) in [7, 11) is 0. The van der Waals surface area contributed by atoms with Gasteiger partial charge in [-0.05, 0) is 44.1 Å². The SMILES string of the molecule is CC(C)CNCC(O)C1CCOC2(CCCCC2)C1. The molecule has 3 nitrogen and oxygen atoms in total. The molecule has 0 aromatic rings. The van der Waals surface area contributed by atoms with Crippen LogP contribution in [-0.4, -0.2) is 36.5 Å². The molecule has 2 atom stereocenters. The van der Waals surface area contributed by atoms with Crippen molar-refractivity contribution >= 4 is 0 Å². The van der Waals surface area contributed by atoms with Crippen LogP contribution in [0.2, 0.25) is 0 Å². The highest BCUT2D eigenvalue weighted by Gasteiger charge is 2.40. The molecule has 112 valence electrons. The Labute approximate surface area is 118 Å². The molecule has 0 radical (unpaired) electrons. The third-order valence-electron chi connectivity index (χ3n) is 4.75. The Kier molecular flexibility index (Phi) is 5.67. The highest BCUT2D eigenvalue weighted by molar-refractivity contribution is 4.91. The molecule has 1 spiro atoms. The molecule has 2 aliphatic rings. The molecule has 0 aromatic carbocycles. The van der Waals surface area contributed by atoms with Gasteiger partial charge in [0.15, 0.2) is 0 Å². The van der Waals surface area contributed by atoms with Crippen molar-refractivity contribution in [2.45, 2.75) is 70.5 Å². The summed E-state index contributed by atoms with van der Waals surface area (Å²) in [6, 6.07) is 0. The van der Waals surface area contributed by atoms with Crippen molar-refractivity contribution in [3.05, 3.63) is 0 Å². The van der Waals surface area contributed by atoms with E-state index in [1.165, 1.54) is 32.1 Å². The van der Waals surface area contributed by atoms with E-state index in [-0.39, 0.29) is 11.7 Å². The van der Waals surface area contributed by atoms with Crippen molar-refractivity contribution in [2.24, 2.45) is 11.8 Å². The van der Waals surface area contributed by atoms with Crippen molar-refractivity contribution in [2.75, 3.05) is 19.7 Å². The van der Waals surface area contributed by atoms with Gasteiger partial charge < -0.3 is 15.2 Å². The summed E-state index contributed by atoms with van der Waals surface area (Å²) in [6.07, 6.45) is 8.24. The van der Waals surface area contributed by atoms with Gasteiger partial charge in [-0.3, -0.25) is 0 Å². The second-order valence-corrected chi connectivity index (χ2v) is 6.96. The lowest BCUT2D eigenvalue weighted by Crippen LogP contribution is -2.46. The largest absolute Gasteiger partial charge is 0.392 e. The first-order valence-electron chi connectivity index (χ1n) is 8.14. The number of aliphatic hydroxyl groups is 1. The maximum atomic E-state index is 10.4. The summed E-state index contributed by atoms with van der Waals surface area (Å²) < 4.78 is 6.10. The average Bonchev–Trinajstić information content (AvgIpc) is 2.39. The number of hydrogen-bond acceptors (Lipinski definition) is 3. The van der Waals surface area contributed by atoms with E-state index >= 15 is 0 Å². The molecule has 3 heteroatoms. The number of nitrogens with one attached hydrogen (secondary N) is 1. The molecule has 2 unspecified atom stereocenters. The fraction of sp³-hybridized carbons (Fsp3) is 1.00. The van der Waals surface area contributed by atoms with Crippen LogP contribution in [0.4, 0.5) is 0 Å². The second-order valence-electron chi connectivity index (χ2n) is 6.96. The molecule has 1 aliphatic carbocycles. The smallest absolute Gasteiger partial charge is 0.0694 e. The molecule has 0 bridgehead atoms. The van der Waals surface area contributed by atoms with Gasteiger partial charge in [0.25, 0.3) is 0 Å². The summed E-state index contributed by atoms with van der Waals surface area (Å²) in [6.45, 7) is 6.96. The second kappa shape index (κ2) is 7.05. The van der Waals surface area contributed by atoms with Crippen molar-refractivity contribution in [1.82, 2.24) is 5.32 Å². The van der Waals surface area contributed by atoms with Gasteiger partial charge in [0.2, 0.25) is 0 Å². The van der Waals surface area contributed by atoms with Crippen LogP contribution < -0.4 is 5.32 Å². The highest BCUT2D eigenvalue weighted by atomic mass is 16.5. The number of rotatable bonds is 5. The molecule has 0 amide bonds. The Morgan fingerprint density at radius 3 is 2.63 bits per heavy atom. The van der Waals surface area contributed by atoms with Gasteiger partial charge in [-0.25, -0.2) is 0 Å². The lowest BCUT2D eigenvalue weighted by molar-refractivity contribution is -0.133. The number of aliphatic hydroxyl groups excluding tert-OH is 1. The van der Waals surface area contributed by atoms with Crippen LogP contribution in [0.3, 0.4) is 0 Å². The summed E-state index contributed by atoms with van der Waals surface area (Å²) in [5, 5.41) is 13.8. The summed E-state index contributed by atoms with van der Waals surface area (Å²) in [4.78, 5) is 0. The standard InChI is InChI=1S/C16H31NO2/c1-13(2)11-17-12-15(18)14-6-9-19-16(10-14)7-4-3-5-8-16/h13-15,17-18H,3-12H2,1-2H3. The molecule has 0 aromatic heterocycles. The Hall–Kier alpha value is -0.120. The van der Waals surface area contributed by atoms with Crippen LogP contribution in [0.5, 0.6) is 0 Å². The predicted octanol–water partition coefficient (Wildman–Crippen LogP) is 2.72. The van der Waals surface area contributed by atoms with Crippen LogP contribution in [-0.2, 0) is 4.74 Å². The van der Waals surface area contributed by atoms with E-state index in [1.807, 2.05) is 0 Å². The van der Waals surface area contributed by atoms with E-state index in [2.05, 4.69) is 19.2 Å². The van der Waals surface area contributed by atoms with Gasteiger partial charge in [0, 0.05) is 13.2 Å². The zero-order valence-electron chi connectivity index (χ0n) is 12.7.